The Bertz CT molecular complexity index is 720. The first-order valence-corrected chi connectivity index (χ1v) is 7.68. The highest BCUT2D eigenvalue weighted by molar-refractivity contribution is 9.10. The number of amides is 1. The van der Waals surface area contributed by atoms with E-state index < -0.39 is 23.7 Å². The summed E-state index contributed by atoms with van der Waals surface area (Å²) in [6.45, 7) is 0. The lowest BCUT2D eigenvalue weighted by Gasteiger charge is -2.17. The minimum Gasteiger partial charge on any atom is -0.467 e. The molecule has 0 radical (unpaired) electrons. The minimum absolute atomic E-state index is 0.0130. The van der Waals surface area contributed by atoms with E-state index in [1.807, 2.05) is 0 Å². The Hall–Kier alpha value is -2.21. The molecule has 0 saturated heterocycles. The normalized spacial score (nSPS) is 11.6. The molecule has 0 aromatic heterocycles. The predicted octanol–water partition coefficient (Wildman–Crippen LogP) is 3.10. The Morgan fingerprint density at radius 3 is 2.61 bits per heavy atom. The van der Waals surface area contributed by atoms with Crippen LogP contribution in [0.15, 0.2) is 53.0 Å². The van der Waals surface area contributed by atoms with Crippen LogP contribution >= 0.6 is 15.9 Å². The zero-order valence-corrected chi connectivity index (χ0v) is 14.0. The summed E-state index contributed by atoms with van der Waals surface area (Å²) in [6, 6.07) is 11.9. The smallest absolute Gasteiger partial charge is 0.328 e. The number of ether oxygens (including phenoxy) is 1. The number of methoxy groups -OCH3 is 1. The lowest BCUT2D eigenvalue weighted by molar-refractivity contribution is -0.142. The van der Waals surface area contributed by atoms with Crippen LogP contribution in [-0.2, 0) is 16.0 Å². The van der Waals surface area contributed by atoms with Crippen LogP contribution in [0.25, 0.3) is 0 Å². The maximum atomic E-state index is 13.8. The fraction of sp³-hybridized carbons (Fsp3) is 0.176. The number of hydrogen-bond acceptors (Lipinski definition) is 3. The average molecular weight is 380 g/mol. The van der Waals surface area contributed by atoms with Gasteiger partial charge in [-0.1, -0.05) is 40.2 Å². The lowest BCUT2D eigenvalue weighted by Crippen LogP contribution is -2.43. The van der Waals surface area contributed by atoms with Crippen LogP contribution in [-0.4, -0.2) is 25.0 Å². The topological polar surface area (TPSA) is 55.4 Å². The molecule has 0 unspecified atom stereocenters. The fourth-order valence-electron chi connectivity index (χ4n) is 2.09. The zero-order chi connectivity index (χ0) is 16.8. The summed E-state index contributed by atoms with van der Waals surface area (Å²) in [4.78, 5) is 24.2. The van der Waals surface area contributed by atoms with Gasteiger partial charge in [0.05, 0.1) is 7.11 Å². The highest BCUT2D eigenvalue weighted by atomic mass is 79.9. The Morgan fingerprint density at radius 2 is 1.96 bits per heavy atom. The van der Waals surface area contributed by atoms with Crippen molar-refractivity contribution in [3.63, 3.8) is 0 Å². The van der Waals surface area contributed by atoms with Crippen molar-refractivity contribution < 1.29 is 18.7 Å². The first-order chi connectivity index (χ1) is 11.0. The summed E-state index contributed by atoms with van der Waals surface area (Å²) in [5, 5.41) is 2.59. The van der Waals surface area contributed by atoms with Crippen molar-refractivity contribution in [2.75, 3.05) is 7.11 Å². The Labute approximate surface area is 141 Å². The van der Waals surface area contributed by atoms with Gasteiger partial charge in [0, 0.05) is 16.5 Å². The van der Waals surface area contributed by atoms with Crippen molar-refractivity contribution in [2.45, 2.75) is 12.5 Å². The molecule has 0 heterocycles. The summed E-state index contributed by atoms with van der Waals surface area (Å²) in [6.07, 6.45) is 0.0130. The van der Waals surface area contributed by atoms with Crippen LogP contribution in [0.5, 0.6) is 0 Å². The lowest BCUT2D eigenvalue weighted by atomic mass is 10.0. The maximum Gasteiger partial charge on any atom is 0.328 e. The van der Waals surface area contributed by atoms with Crippen LogP contribution in [0.1, 0.15) is 15.9 Å². The summed E-state index contributed by atoms with van der Waals surface area (Å²) in [5.41, 5.74) is 0.722. The van der Waals surface area contributed by atoms with Gasteiger partial charge in [-0.25, -0.2) is 9.18 Å². The molecule has 0 aliphatic carbocycles. The molecule has 1 N–H and O–H groups in total. The van der Waals surface area contributed by atoms with Crippen molar-refractivity contribution in [3.8, 4) is 0 Å². The van der Waals surface area contributed by atoms with Crippen LogP contribution in [0.2, 0.25) is 0 Å². The molecule has 1 amide bonds. The van der Waals surface area contributed by atoms with E-state index in [2.05, 4.69) is 21.2 Å². The molecule has 0 aliphatic heterocycles. The molecule has 2 aromatic carbocycles. The largest absolute Gasteiger partial charge is 0.467 e. The second kappa shape index (κ2) is 7.87. The molecule has 2 aromatic rings. The quantitative estimate of drug-likeness (QED) is 0.812. The van der Waals surface area contributed by atoms with Gasteiger partial charge in [0.25, 0.3) is 5.91 Å². The van der Waals surface area contributed by atoms with Crippen molar-refractivity contribution >= 4 is 27.8 Å². The number of rotatable bonds is 5. The van der Waals surface area contributed by atoms with E-state index in [0.29, 0.717) is 11.1 Å². The molecular weight excluding hydrogens is 365 g/mol. The predicted molar refractivity (Wildman–Crippen MR) is 87.5 cm³/mol. The van der Waals surface area contributed by atoms with Gasteiger partial charge in [0.1, 0.15) is 11.9 Å². The number of nitrogens with one attached hydrogen (secondary N) is 1. The number of carbonyl (C=O) groups excluding carboxylic acids is 2. The molecule has 0 spiro atoms. The van der Waals surface area contributed by atoms with Gasteiger partial charge in [-0.2, -0.15) is 0 Å². The number of benzene rings is 2. The van der Waals surface area contributed by atoms with Gasteiger partial charge in [-0.3, -0.25) is 4.79 Å². The van der Waals surface area contributed by atoms with Gasteiger partial charge >= 0.3 is 5.97 Å². The van der Waals surface area contributed by atoms with E-state index in [1.165, 1.54) is 13.2 Å². The molecule has 0 saturated carbocycles. The third kappa shape index (κ3) is 4.63. The first kappa shape index (κ1) is 17.1. The highest BCUT2D eigenvalue weighted by Gasteiger charge is 2.23. The number of halogens is 2. The van der Waals surface area contributed by atoms with E-state index >= 15 is 0 Å². The van der Waals surface area contributed by atoms with Crippen LogP contribution < -0.4 is 5.32 Å². The summed E-state index contributed by atoms with van der Waals surface area (Å²) >= 11 is 3.28. The first-order valence-electron chi connectivity index (χ1n) is 6.89. The highest BCUT2D eigenvalue weighted by Crippen LogP contribution is 2.13. The number of carbonyl (C=O) groups is 2. The Balaban J connectivity index is 2.17. The van der Waals surface area contributed by atoms with E-state index in [4.69, 9.17) is 4.74 Å². The molecule has 6 heteroatoms. The van der Waals surface area contributed by atoms with Gasteiger partial charge in [-0.15, -0.1) is 0 Å². The molecule has 120 valence electrons. The maximum absolute atomic E-state index is 13.8. The van der Waals surface area contributed by atoms with Gasteiger partial charge in [0.15, 0.2) is 0 Å². The minimum atomic E-state index is -0.969. The molecule has 0 fully saturated rings. The third-order valence-electron chi connectivity index (χ3n) is 3.26. The van der Waals surface area contributed by atoms with Crippen LogP contribution in [0.4, 0.5) is 4.39 Å². The van der Waals surface area contributed by atoms with E-state index in [0.717, 1.165) is 4.47 Å². The second-order valence-corrected chi connectivity index (χ2v) is 5.77. The van der Waals surface area contributed by atoms with Gasteiger partial charge < -0.3 is 10.1 Å². The standard InChI is InChI=1S/C17H15BrFNO3/c1-23-17(22)15(10-11-5-2-3-8-14(11)19)20-16(21)12-6-4-7-13(18)9-12/h2-9,15H,10H2,1H3,(H,20,21)/t15-/m0/s1. The van der Waals surface area contributed by atoms with Crippen molar-refractivity contribution in [3.05, 3.63) is 69.9 Å². The molecule has 0 aliphatic rings. The molecule has 4 nitrogen and oxygen atoms in total. The van der Waals surface area contributed by atoms with E-state index in [1.54, 1.807) is 42.5 Å². The van der Waals surface area contributed by atoms with Crippen molar-refractivity contribution in [1.29, 1.82) is 0 Å². The summed E-state index contributed by atoms with van der Waals surface area (Å²) in [7, 11) is 1.22. The van der Waals surface area contributed by atoms with Crippen molar-refractivity contribution in [1.82, 2.24) is 5.32 Å². The monoisotopic (exact) mass is 379 g/mol. The summed E-state index contributed by atoms with van der Waals surface area (Å²) < 4.78 is 19.2. The third-order valence-corrected chi connectivity index (χ3v) is 3.75. The zero-order valence-electron chi connectivity index (χ0n) is 12.4. The van der Waals surface area contributed by atoms with Crippen LogP contribution in [0, 0.1) is 5.82 Å². The van der Waals surface area contributed by atoms with Gasteiger partial charge in [0.2, 0.25) is 0 Å². The van der Waals surface area contributed by atoms with E-state index in [-0.39, 0.29) is 6.42 Å². The molecule has 1 atom stereocenters. The average Bonchev–Trinajstić information content (AvgIpc) is 2.55. The van der Waals surface area contributed by atoms with Gasteiger partial charge in [-0.05, 0) is 29.8 Å². The number of hydrogen-bond donors (Lipinski definition) is 1. The summed E-state index contributed by atoms with van der Waals surface area (Å²) in [5.74, 6) is -1.49. The van der Waals surface area contributed by atoms with Crippen molar-refractivity contribution in [2.24, 2.45) is 0 Å². The fourth-order valence-corrected chi connectivity index (χ4v) is 2.49. The second-order valence-electron chi connectivity index (χ2n) is 4.86. The Morgan fingerprint density at radius 1 is 1.22 bits per heavy atom. The SMILES string of the molecule is COC(=O)[C@H](Cc1ccccc1F)NC(=O)c1cccc(Br)c1. The Kier molecular flexibility index (Phi) is 5.87. The molecule has 0 bridgehead atoms. The van der Waals surface area contributed by atoms with E-state index in [9.17, 15) is 14.0 Å². The van der Waals surface area contributed by atoms with Crippen LogP contribution in [0.3, 0.4) is 0 Å². The number of esters is 1. The molecular formula is C17H15BrFNO3. The molecule has 23 heavy (non-hydrogen) atoms. The molecule has 2 rings (SSSR count).